The molecule has 2 heterocycles. The van der Waals surface area contributed by atoms with Crippen LogP contribution in [0.2, 0.25) is 0 Å². The standard InChI is InChI=1S/C19H20N4O2S/c1-11-7-3-5-9-14(11)20-17(24)12(2)23-19(25)16-13-8-4-6-10-15(13)26-18(16)21-22-23/h3,5,7,9,12H,4,6,8,10H2,1-2H3,(H,20,24)/t12-/m1/s1. The number of rotatable bonds is 3. The third kappa shape index (κ3) is 2.82. The highest BCUT2D eigenvalue weighted by Gasteiger charge is 2.24. The van der Waals surface area contributed by atoms with Crippen molar-refractivity contribution >= 4 is 33.1 Å². The lowest BCUT2D eigenvalue weighted by atomic mass is 9.97. The SMILES string of the molecule is Cc1ccccc1NC(=O)[C@@H](C)n1nnc2sc3c(c2c1=O)CCCC3. The number of hydrogen-bond donors (Lipinski definition) is 1. The number of carbonyl (C=O) groups excluding carboxylic acids is 1. The zero-order valence-electron chi connectivity index (χ0n) is 14.8. The van der Waals surface area contributed by atoms with Gasteiger partial charge in [-0.3, -0.25) is 9.59 Å². The quantitative estimate of drug-likeness (QED) is 0.770. The van der Waals surface area contributed by atoms with E-state index in [9.17, 15) is 9.59 Å². The van der Waals surface area contributed by atoms with Crippen LogP contribution in [0.25, 0.3) is 10.2 Å². The average molecular weight is 368 g/mol. The molecule has 3 aromatic rings. The molecule has 0 radical (unpaired) electrons. The second-order valence-corrected chi connectivity index (χ2v) is 7.79. The lowest BCUT2D eigenvalue weighted by Crippen LogP contribution is -2.34. The van der Waals surface area contributed by atoms with Gasteiger partial charge < -0.3 is 5.32 Å². The molecule has 6 nitrogen and oxygen atoms in total. The number of nitrogens with zero attached hydrogens (tertiary/aromatic N) is 3. The molecule has 0 fully saturated rings. The van der Waals surface area contributed by atoms with Gasteiger partial charge in [-0.15, -0.1) is 16.4 Å². The van der Waals surface area contributed by atoms with E-state index in [1.807, 2.05) is 31.2 Å². The number of fused-ring (bicyclic) bond motifs is 3. The van der Waals surface area contributed by atoms with Crippen molar-refractivity contribution in [3.05, 3.63) is 50.6 Å². The summed E-state index contributed by atoms with van der Waals surface area (Å²) in [6.45, 7) is 3.60. The van der Waals surface area contributed by atoms with Crippen molar-refractivity contribution in [3.63, 3.8) is 0 Å². The highest BCUT2D eigenvalue weighted by Crippen LogP contribution is 2.33. The predicted octanol–water partition coefficient (Wildman–Crippen LogP) is 3.24. The van der Waals surface area contributed by atoms with E-state index >= 15 is 0 Å². The van der Waals surface area contributed by atoms with Crippen LogP contribution < -0.4 is 10.9 Å². The second kappa shape index (κ2) is 6.64. The van der Waals surface area contributed by atoms with E-state index in [1.165, 1.54) is 9.56 Å². The van der Waals surface area contributed by atoms with Crippen molar-refractivity contribution in [2.75, 3.05) is 5.32 Å². The number of thiophene rings is 1. The summed E-state index contributed by atoms with van der Waals surface area (Å²) in [4.78, 5) is 27.6. The molecule has 26 heavy (non-hydrogen) atoms. The van der Waals surface area contributed by atoms with Crippen molar-refractivity contribution in [2.24, 2.45) is 0 Å². The summed E-state index contributed by atoms with van der Waals surface area (Å²) in [7, 11) is 0. The largest absolute Gasteiger partial charge is 0.324 e. The highest BCUT2D eigenvalue weighted by atomic mass is 32.1. The fourth-order valence-corrected chi connectivity index (χ4v) is 4.60. The summed E-state index contributed by atoms with van der Waals surface area (Å²) < 4.78 is 1.21. The molecule has 1 N–H and O–H groups in total. The van der Waals surface area contributed by atoms with Crippen LogP contribution in [0.3, 0.4) is 0 Å². The second-order valence-electron chi connectivity index (χ2n) is 6.71. The molecule has 4 rings (SSSR count). The number of nitrogens with one attached hydrogen (secondary N) is 1. The Morgan fingerprint density at radius 3 is 2.85 bits per heavy atom. The fourth-order valence-electron chi connectivity index (χ4n) is 3.40. The summed E-state index contributed by atoms with van der Waals surface area (Å²) in [5.41, 5.74) is 2.59. The van der Waals surface area contributed by atoms with E-state index in [4.69, 9.17) is 0 Å². The lowest BCUT2D eigenvalue weighted by molar-refractivity contribution is -0.119. The third-order valence-corrected chi connectivity index (χ3v) is 6.13. The van der Waals surface area contributed by atoms with Crippen LogP contribution in [0, 0.1) is 6.92 Å². The number of aromatic nitrogens is 3. The monoisotopic (exact) mass is 368 g/mol. The van der Waals surface area contributed by atoms with Crippen molar-refractivity contribution < 1.29 is 4.79 Å². The Kier molecular flexibility index (Phi) is 4.32. The van der Waals surface area contributed by atoms with E-state index in [1.54, 1.807) is 18.3 Å². The molecule has 7 heteroatoms. The molecule has 1 amide bonds. The van der Waals surface area contributed by atoms with Crippen molar-refractivity contribution in [1.29, 1.82) is 0 Å². The van der Waals surface area contributed by atoms with Crippen molar-refractivity contribution in [3.8, 4) is 0 Å². The molecule has 0 saturated carbocycles. The molecule has 0 aliphatic heterocycles. The van der Waals surface area contributed by atoms with Crippen LogP contribution in [0.4, 0.5) is 5.69 Å². The van der Waals surface area contributed by atoms with Crippen molar-refractivity contribution in [1.82, 2.24) is 15.0 Å². The van der Waals surface area contributed by atoms with Gasteiger partial charge in [-0.2, -0.15) is 4.68 Å². The minimum Gasteiger partial charge on any atom is -0.324 e. The summed E-state index contributed by atoms with van der Waals surface area (Å²) >= 11 is 1.56. The zero-order chi connectivity index (χ0) is 18.3. The van der Waals surface area contributed by atoms with E-state index in [0.29, 0.717) is 10.2 Å². The number of amides is 1. The van der Waals surface area contributed by atoms with Gasteiger partial charge in [0.25, 0.3) is 5.56 Å². The van der Waals surface area contributed by atoms with E-state index < -0.39 is 6.04 Å². The molecule has 0 unspecified atom stereocenters. The Morgan fingerprint density at radius 2 is 2.04 bits per heavy atom. The summed E-state index contributed by atoms with van der Waals surface area (Å²) in [5, 5.41) is 11.8. The van der Waals surface area contributed by atoms with Gasteiger partial charge in [-0.1, -0.05) is 23.4 Å². The molecule has 1 aliphatic rings. The smallest absolute Gasteiger partial charge is 0.279 e. The highest BCUT2D eigenvalue weighted by molar-refractivity contribution is 7.18. The molecule has 2 aromatic heterocycles. The van der Waals surface area contributed by atoms with Gasteiger partial charge in [0.2, 0.25) is 5.91 Å². The lowest BCUT2D eigenvalue weighted by Gasteiger charge is -2.15. The molecule has 1 atom stereocenters. The van der Waals surface area contributed by atoms with E-state index in [-0.39, 0.29) is 11.5 Å². The van der Waals surface area contributed by atoms with Crippen LogP contribution >= 0.6 is 11.3 Å². The maximum Gasteiger partial charge on any atom is 0.279 e. The first-order chi connectivity index (χ1) is 12.6. The van der Waals surface area contributed by atoms with Gasteiger partial charge in [0, 0.05) is 10.6 Å². The Morgan fingerprint density at radius 1 is 1.27 bits per heavy atom. The van der Waals surface area contributed by atoms with Gasteiger partial charge >= 0.3 is 0 Å². The van der Waals surface area contributed by atoms with Gasteiger partial charge in [-0.25, -0.2) is 0 Å². The maximum absolute atomic E-state index is 13.0. The molecular weight excluding hydrogens is 348 g/mol. The molecule has 0 bridgehead atoms. The normalized spacial score (nSPS) is 14.8. The average Bonchev–Trinajstić information content (AvgIpc) is 3.02. The molecule has 134 valence electrons. The maximum atomic E-state index is 13.0. The number of para-hydroxylation sites is 1. The first-order valence-electron chi connectivity index (χ1n) is 8.82. The van der Waals surface area contributed by atoms with E-state index in [0.717, 1.165) is 42.5 Å². The Hall–Kier alpha value is -2.54. The summed E-state index contributed by atoms with van der Waals surface area (Å²) in [6.07, 6.45) is 4.14. The van der Waals surface area contributed by atoms with Crippen LogP contribution in [0.15, 0.2) is 29.1 Å². The molecule has 1 aliphatic carbocycles. The van der Waals surface area contributed by atoms with Crippen molar-refractivity contribution in [2.45, 2.75) is 45.6 Å². The minimum atomic E-state index is -0.738. The van der Waals surface area contributed by atoms with Gasteiger partial charge in [0.1, 0.15) is 6.04 Å². The van der Waals surface area contributed by atoms with Crippen LogP contribution in [-0.2, 0) is 17.6 Å². The number of anilines is 1. The zero-order valence-corrected chi connectivity index (χ0v) is 15.6. The van der Waals surface area contributed by atoms with Crippen LogP contribution in [0.1, 0.15) is 41.8 Å². The number of aryl methyl sites for hydroxylation is 3. The number of benzene rings is 1. The number of carbonyl (C=O) groups is 1. The van der Waals surface area contributed by atoms with Gasteiger partial charge in [0.05, 0.1) is 5.39 Å². The van der Waals surface area contributed by atoms with Crippen LogP contribution in [-0.4, -0.2) is 20.9 Å². The van der Waals surface area contributed by atoms with Gasteiger partial charge in [-0.05, 0) is 56.7 Å². The molecule has 0 spiro atoms. The Balaban J connectivity index is 1.70. The Labute approximate surface area is 154 Å². The molecule has 1 aromatic carbocycles. The predicted molar refractivity (Wildman–Crippen MR) is 103 cm³/mol. The first kappa shape index (κ1) is 16.9. The molecular formula is C19H20N4O2S. The minimum absolute atomic E-state index is 0.221. The molecule has 0 saturated heterocycles. The third-order valence-electron chi connectivity index (χ3n) is 4.96. The van der Waals surface area contributed by atoms with Crippen LogP contribution in [0.5, 0.6) is 0 Å². The van der Waals surface area contributed by atoms with E-state index in [2.05, 4.69) is 15.6 Å². The topological polar surface area (TPSA) is 76.9 Å². The summed E-state index contributed by atoms with van der Waals surface area (Å²) in [5.74, 6) is -0.279. The first-order valence-corrected chi connectivity index (χ1v) is 9.64. The number of hydrogen-bond acceptors (Lipinski definition) is 5. The van der Waals surface area contributed by atoms with Gasteiger partial charge in [0.15, 0.2) is 4.83 Å². The summed E-state index contributed by atoms with van der Waals surface area (Å²) in [6, 6.07) is 6.81. The Bertz CT molecular complexity index is 1050. The fraction of sp³-hybridized carbons (Fsp3) is 0.368.